The fourth-order valence-corrected chi connectivity index (χ4v) is 6.08. The number of unbranched alkanes of at least 4 members (excludes halogenated alkanes) is 9. The maximum Gasteiger partial charge on any atom is 0.150 e. The van der Waals surface area contributed by atoms with Crippen molar-refractivity contribution in [2.45, 2.75) is 84.1 Å². The Morgan fingerprint density at radius 3 is 1.57 bits per heavy atom. The van der Waals surface area contributed by atoms with Crippen molar-refractivity contribution in [1.29, 1.82) is 0 Å². The summed E-state index contributed by atoms with van der Waals surface area (Å²) in [6.45, 7) is 5.55. The normalized spacial score (nSPS) is 15.4. The summed E-state index contributed by atoms with van der Waals surface area (Å²) in [5, 5.41) is 2.77. The first-order chi connectivity index (χ1) is 19.8. The number of hydrogen-bond donors (Lipinski definition) is 0. The van der Waals surface area contributed by atoms with Gasteiger partial charge in [-0.05, 0) is 54.7 Å². The van der Waals surface area contributed by atoms with Gasteiger partial charge in [0.05, 0.1) is 0 Å². The molecule has 0 atom stereocenters. The third kappa shape index (κ3) is 7.46. The van der Waals surface area contributed by atoms with Gasteiger partial charge in [0.15, 0.2) is 0 Å². The molecule has 2 aliphatic rings. The Balaban J connectivity index is 0.895. The highest BCUT2D eigenvalue weighted by Crippen LogP contribution is 2.29. The van der Waals surface area contributed by atoms with Gasteiger partial charge in [-0.1, -0.05) is 94.7 Å². The summed E-state index contributed by atoms with van der Waals surface area (Å²) in [5.41, 5.74) is 5.35. The molecular formula is C37H47N3+. The highest BCUT2D eigenvalue weighted by atomic mass is 15.1. The molecule has 3 aromatic rings. The Morgan fingerprint density at radius 2 is 1.02 bits per heavy atom. The minimum absolute atomic E-state index is 1.08. The lowest BCUT2D eigenvalue weighted by molar-refractivity contribution is 0.461. The fraction of sp³-hybridized carbons (Fsp3) is 0.405. The number of fused-ring (bicyclic) bond motifs is 3. The molecule has 0 spiro atoms. The molecule has 1 radical (unpaired) electrons. The molecule has 40 heavy (non-hydrogen) atoms. The predicted molar refractivity (Wildman–Crippen MR) is 173 cm³/mol. The van der Waals surface area contributed by atoms with Crippen LogP contribution in [0.3, 0.4) is 0 Å². The molecule has 2 aromatic carbocycles. The van der Waals surface area contributed by atoms with Gasteiger partial charge in [0, 0.05) is 59.4 Å². The van der Waals surface area contributed by atoms with Crippen LogP contribution < -0.4 is 4.90 Å². The third-order valence-corrected chi connectivity index (χ3v) is 8.33. The molecule has 0 saturated heterocycles. The van der Waals surface area contributed by atoms with Gasteiger partial charge >= 0.3 is 0 Å². The first kappa shape index (κ1) is 28.2. The van der Waals surface area contributed by atoms with Crippen LogP contribution in [-0.4, -0.2) is 22.6 Å². The Labute approximate surface area is 241 Å². The maximum atomic E-state index is 2.53. The minimum Gasteiger partial charge on any atom is -0.354 e. The number of para-hydroxylation sites is 2. The smallest absolute Gasteiger partial charge is 0.150 e. The van der Waals surface area contributed by atoms with Crippen molar-refractivity contribution in [2.75, 3.05) is 13.1 Å². The zero-order chi connectivity index (χ0) is 27.4. The third-order valence-electron chi connectivity index (χ3n) is 8.33. The van der Waals surface area contributed by atoms with Crippen molar-refractivity contribution in [3.63, 3.8) is 0 Å². The van der Waals surface area contributed by atoms with Crippen LogP contribution in [-0.2, 0) is 6.54 Å². The number of allylic oxidation sites excluding steroid dienone is 6. The molecular weight excluding hydrogens is 486 g/mol. The molecule has 0 aliphatic carbocycles. The number of aromatic nitrogens is 1. The van der Waals surface area contributed by atoms with Gasteiger partial charge in [-0.15, -0.1) is 4.90 Å². The fourth-order valence-electron chi connectivity index (χ4n) is 6.08. The summed E-state index contributed by atoms with van der Waals surface area (Å²) >= 11 is 0. The van der Waals surface area contributed by atoms with Crippen molar-refractivity contribution in [3.8, 4) is 0 Å². The standard InChI is InChI=1S/C37H47N3/c1-2-25-38-28-21-32(22-29-38)33-23-30-39(31-24-33)26-15-9-7-5-3-4-6-8-10-16-27-40-36-19-13-11-17-34(36)35-18-12-14-20-37(35)40/h11-14,17-24,28-31H,2-10,15-16,25-27H2,1H3/q+1. The maximum absolute atomic E-state index is 2.53. The van der Waals surface area contributed by atoms with Crippen LogP contribution in [0.4, 0.5) is 0 Å². The lowest BCUT2D eigenvalue weighted by atomic mass is 10.0. The van der Waals surface area contributed by atoms with E-state index in [9.17, 15) is 0 Å². The summed E-state index contributed by atoms with van der Waals surface area (Å²) in [6.07, 6.45) is 32.5. The number of aryl methyl sites for hydroxylation is 1. The topological polar surface area (TPSA) is 14.1 Å². The van der Waals surface area contributed by atoms with Gasteiger partial charge in [0.2, 0.25) is 0 Å². The summed E-state index contributed by atoms with van der Waals surface area (Å²) in [4.78, 5) is 4.59. The summed E-state index contributed by atoms with van der Waals surface area (Å²) < 4.78 is 2.53. The van der Waals surface area contributed by atoms with E-state index in [2.05, 4.69) is 119 Å². The van der Waals surface area contributed by atoms with E-state index in [4.69, 9.17) is 0 Å². The monoisotopic (exact) mass is 533 g/mol. The molecule has 0 fully saturated rings. The van der Waals surface area contributed by atoms with E-state index in [1.54, 1.807) is 0 Å². The molecule has 0 amide bonds. The minimum atomic E-state index is 1.08. The molecule has 2 aliphatic heterocycles. The van der Waals surface area contributed by atoms with Gasteiger partial charge in [-0.25, -0.2) is 0 Å². The lowest BCUT2D eigenvalue weighted by Gasteiger charge is -2.19. The molecule has 1 aromatic heterocycles. The first-order valence-corrected chi connectivity index (χ1v) is 15.8. The van der Waals surface area contributed by atoms with Crippen LogP contribution in [0.15, 0.2) is 109 Å². The van der Waals surface area contributed by atoms with E-state index >= 15 is 0 Å². The quantitative estimate of drug-likeness (QED) is 0.140. The van der Waals surface area contributed by atoms with Gasteiger partial charge in [-0.3, -0.25) is 0 Å². The van der Waals surface area contributed by atoms with Gasteiger partial charge in [0.25, 0.3) is 0 Å². The second-order valence-corrected chi connectivity index (χ2v) is 11.4. The Kier molecular flexibility index (Phi) is 10.5. The number of hydrogen-bond acceptors (Lipinski definition) is 2. The highest BCUT2D eigenvalue weighted by molar-refractivity contribution is 6.07. The molecule has 3 nitrogen and oxygen atoms in total. The Hall–Kier alpha value is -3.30. The molecule has 0 N–H and O–H groups in total. The molecule has 3 heterocycles. The van der Waals surface area contributed by atoms with Crippen LogP contribution in [0.25, 0.3) is 21.8 Å². The lowest BCUT2D eigenvalue weighted by Crippen LogP contribution is -2.19. The number of nitrogens with zero attached hydrogens (tertiary/aromatic N) is 3. The average molecular weight is 534 g/mol. The van der Waals surface area contributed by atoms with Crippen LogP contribution in [0.2, 0.25) is 0 Å². The molecule has 0 unspecified atom stereocenters. The van der Waals surface area contributed by atoms with Gasteiger partial charge in [0.1, 0.15) is 18.9 Å². The van der Waals surface area contributed by atoms with E-state index in [1.165, 1.54) is 104 Å². The zero-order valence-corrected chi connectivity index (χ0v) is 24.5. The van der Waals surface area contributed by atoms with Crippen LogP contribution in [0.1, 0.15) is 77.6 Å². The predicted octanol–water partition coefficient (Wildman–Crippen LogP) is 9.93. The average Bonchev–Trinajstić information content (AvgIpc) is 3.32. The van der Waals surface area contributed by atoms with E-state index < -0.39 is 0 Å². The van der Waals surface area contributed by atoms with Crippen LogP contribution in [0, 0.1) is 0 Å². The van der Waals surface area contributed by atoms with Crippen molar-refractivity contribution in [3.05, 3.63) is 109 Å². The molecule has 0 saturated carbocycles. The van der Waals surface area contributed by atoms with Crippen LogP contribution >= 0.6 is 0 Å². The SMILES string of the molecule is CCC[N+]1C=CC(=C2C=CN(CCCCCCCCCCCCn3c4ccccc4c4ccccc43)C=C2)C=C1. The Bertz CT molecular complexity index is 1300. The van der Waals surface area contributed by atoms with Crippen molar-refractivity contribution in [1.82, 2.24) is 14.4 Å². The highest BCUT2D eigenvalue weighted by Gasteiger charge is 2.13. The summed E-state index contributed by atoms with van der Waals surface area (Å²) in [5.74, 6) is 0. The summed E-state index contributed by atoms with van der Waals surface area (Å²) in [6, 6.07) is 17.7. The number of rotatable bonds is 15. The first-order valence-electron chi connectivity index (χ1n) is 15.8. The van der Waals surface area contributed by atoms with E-state index in [0.29, 0.717) is 0 Å². The Morgan fingerprint density at radius 1 is 0.550 bits per heavy atom. The zero-order valence-electron chi connectivity index (χ0n) is 24.5. The molecule has 209 valence electrons. The van der Waals surface area contributed by atoms with Crippen LogP contribution in [0.5, 0.6) is 0 Å². The molecule has 3 heteroatoms. The molecule has 0 bridgehead atoms. The van der Waals surface area contributed by atoms with E-state index in [1.807, 2.05) is 0 Å². The second kappa shape index (κ2) is 14.9. The second-order valence-electron chi connectivity index (χ2n) is 11.4. The van der Waals surface area contributed by atoms with Gasteiger partial charge < -0.3 is 9.47 Å². The van der Waals surface area contributed by atoms with Crippen molar-refractivity contribution in [2.24, 2.45) is 0 Å². The number of benzene rings is 2. The molecule has 5 rings (SSSR count). The van der Waals surface area contributed by atoms with Gasteiger partial charge in [-0.2, -0.15) is 0 Å². The summed E-state index contributed by atoms with van der Waals surface area (Å²) in [7, 11) is 0. The van der Waals surface area contributed by atoms with Crippen molar-refractivity contribution >= 4 is 21.8 Å². The van der Waals surface area contributed by atoms with E-state index in [0.717, 1.165) is 19.6 Å². The van der Waals surface area contributed by atoms with E-state index in [-0.39, 0.29) is 0 Å². The van der Waals surface area contributed by atoms with Crippen molar-refractivity contribution < 1.29 is 0 Å². The largest absolute Gasteiger partial charge is 0.354 e.